The van der Waals surface area contributed by atoms with E-state index in [1.54, 1.807) is 18.0 Å². The van der Waals surface area contributed by atoms with Gasteiger partial charge in [-0.3, -0.25) is 9.48 Å². The molecule has 1 atom stereocenters. The minimum absolute atomic E-state index is 0.0310. The molecule has 1 aromatic heterocycles. The lowest BCUT2D eigenvalue weighted by atomic mass is 10.1. The van der Waals surface area contributed by atoms with Gasteiger partial charge in [-0.15, -0.1) is 0 Å². The number of amides is 1. The first-order valence-electron chi connectivity index (χ1n) is 7.14. The Morgan fingerprint density at radius 3 is 3.15 bits per heavy atom. The summed E-state index contributed by atoms with van der Waals surface area (Å²) in [5.41, 5.74) is 1.07. The van der Waals surface area contributed by atoms with Gasteiger partial charge >= 0.3 is 0 Å². The van der Waals surface area contributed by atoms with Crippen molar-refractivity contribution in [2.45, 2.75) is 19.9 Å². The molecule has 0 aliphatic carbocycles. The molecule has 1 aliphatic heterocycles. The van der Waals surface area contributed by atoms with E-state index in [4.69, 9.17) is 4.74 Å². The SMILES string of the molecule is COCCN1CCC(CNC(=O)Cn2cc(C)cn2)C1. The zero-order valence-corrected chi connectivity index (χ0v) is 12.3. The molecule has 6 nitrogen and oxygen atoms in total. The van der Waals surface area contributed by atoms with Crippen molar-refractivity contribution in [2.24, 2.45) is 5.92 Å². The Bertz CT molecular complexity index is 433. The molecule has 0 saturated carbocycles. The summed E-state index contributed by atoms with van der Waals surface area (Å²) in [6.45, 7) is 6.92. The van der Waals surface area contributed by atoms with Crippen molar-refractivity contribution in [1.29, 1.82) is 0 Å². The van der Waals surface area contributed by atoms with E-state index in [0.29, 0.717) is 12.5 Å². The Hall–Kier alpha value is -1.40. The predicted molar refractivity (Wildman–Crippen MR) is 76.4 cm³/mol. The van der Waals surface area contributed by atoms with Crippen LogP contribution in [0.2, 0.25) is 0 Å². The molecule has 6 heteroatoms. The fraction of sp³-hybridized carbons (Fsp3) is 0.714. The predicted octanol–water partition coefficient (Wildman–Crippen LogP) is 0.276. The van der Waals surface area contributed by atoms with E-state index < -0.39 is 0 Å². The van der Waals surface area contributed by atoms with Gasteiger partial charge in [0.05, 0.1) is 12.8 Å². The van der Waals surface area contributed by atoms with Crippen molar-refractivity contribution in [2.75, 3.05) is 39.9 Å². The van der Waals surface area contributed by atoms with Gasteiger partial charge in [-0.1, -0.05) is 0 Å². The quantitative estimate of drug-likeness (QED) is 0.779. The molecule has 1 aromatic rings. The molecule has 0 bridgehead atoms. The first kappa shape index (κ1) is 15.0. The smallest absolute Gasteiger partial charge is 0.241 e. The standard InChI is InChI=1S/C14H24N4O2/c1-12-7-16-18(9-12)11-14(19)15-8-13-3-4-17(10-13)5-6-20-2/h7,9,13H,3-6,8,10-11H2,1-2H3,(H,15,19). The molecule has 1 saturated heterocycles. The number of likely N-dealkylation sites (tertiary alicyclic amines) is 1. The molecular weight excluding hydrogens is 256 g/mol. The normalized spacial score (nSPS) is 19.4. The minimum atomic E-state index is 0.0310. The molecule has 20 heavy (non-hydrogen) atoms. The number of hydrogen-bond acceptors (Lipinski definition) is 4. The number of carbonyl (C=O) groups is 1. The van der Waals surface area contributed by atoms with Gasteiger partial charge in [0.1, 0.15) is 6.54 Å². The highest BCUT2D eigenvalue weighted by Gasteiger charge is 2.22. The first-order valence-corrected chi connectivity index (χ1v) is 7.14. The lowest BCUT2D eigenvalue weighted by molar-refractivity contribution is -0.122. The topological polar surface area (TPSA) is 59.4 Å². The van der Waals surface area contributed by atoms with Crippen molar-refractivity contribution in [3.63, 3.8) is 0 Å². The van der Waals surface area contributed by atoms with Crippen LogP contribution in [0, 0.1) is 12.8 Å². The Morgan fingerprint density at radius 1 is 1.60 bits per heavy atom. The van der Waals surface area contributed by atoms with Crippen LogP contribution in [0.3, 0.4) is 0 Å². The van der Waals surface area contributed by atoms with Gasteiger partial charge in [0.25, 0.3) is 0 Å². The number of nitrogens with one attached hydrogen (secondary N) is 1. The number of nitrogens with zero attached hydrogens (tertiary/aromatic N) is 3. The van der Waals surface area contributed by atoms with Gasteiger partial charge in [-0.05, 0) is 31.4 Å². The summed E-state index contributed by atoms with van der Waals surface area (Å²) in [5.74, 6) is 0.582. The maximum atomic E-state index is 11.8. The molecule has 1 fully saturated rings. The highest BCUT2D eigenvalue weighted by atomic mass is 16.5. The highest BCUT2D eigenvalue weighted by molar-refractivity contribution is 5.75. The summed E-state index contributed by atoms with van der Waals surface area (Å²) in [7, 11) is 1.73. The maximum Gasteiger partial charge on any atom is 0.241 e. The van der Waals surface area contributed by atoms with Crippen molar-refractivity contribution < 1.29 is 9.53 Å². The lowest BCUT2D eigenvalue weighted by Crippen LogP contribution is -2.33. The van der Waals surface area contributed by atoms with Crippen LogP contribution >= 0.6 is 0 Å². The van der Waals surface area contributed by atoms with Crippen LogP contribution in [0.1, 0.15) is 12.0 Å². The molecule has 2 heterocycles. The third-order valence-corrected chi connectivity index (χ3v) is 3.64. The molecule has 0 radical (unpaired) electrons. The fourth-order valence-electron chi connectivity index (χ4n) is 2.52. The summed E-state index contributed by atoms with van der Waals surface area (Å²) < 4.78 is 6.76. The Morgan fingerprint density at radius 2 is 2.45 bits per heavy atom. The summed E-state index contributed by atoms with van der Waals surface area (Å²) in [6.07, 6.45) is 4.78. The van der Waals surface area contributed by atoms with Crippen molar-refractivity contribution in [3.8, 4) is 0 Å². The van der Waals surface area contributed by atoms with Gasteiger partial charge in [0.2, 0.25) is 5.91 Å². The molecule has 2 rings (SSSR count). The van der Waals surface area contributed by atoms with Crippen molar-refractivity contribution in [3.05, 3.63) is 18.0 Å². The third-order valence-electron chi connectivity index (χ3n) is 3.64. The molecule has 0 spiro atoms. The molecular formula is C14H24N4O2. The largest absolute Gasteiger partial charge is 0.383 e. The second-order valence-electron chi connectivity index (χ2n) is 5.47. The molecule has 112 valence electrons. The fourth-order valence-corrected chi connectivity index (χ4v) is 2.52. The van der Waals surface area contributed by atoms with Crippen LogP contribution in [0.15, 0.2) is 12.4 Å². The van der Waals surface area contributed by atoms with Gasteiger partial charge < -0.3 is 15.0 Å². The lowest BCUT2D eigenvalue weighted by Gasteiger charge is -2.15. The van der Waals surface area contributed by atoms with Crippen LogP contribution in [0.25, 0.3) is 0 Å². The zero-order valence-electron chi connectivity index (χ0n) is 12.3. The van der Waals surface area contributed by atoms with Crippen LogP contribution in [-0.2, 0) is 16.1 Å². The van der Waals surface area contributed by atoms with Crippen LogP contribution < -0.4 is 5.32 Å². The van der Waals surface area contributed by atoms with Gasteiger partial charge in [-0.25, -0.2) is 0 Å². The van der Waals surface area contributed by atoms with Crippen molar-refractivity contribution >= 4 is 5.91 Å². The van der Waals surface area contributed by atoms with Crippen LogP contribution in [0.5, 0.6) is 0 Å². The molecule has 1 N–H and O–H groups in total. The summed E-state index contributed by atoms with van der Waals surface area (Å²) in [5, 5.41) is 7.12. The number of methoxy groups -OCH3 is 1. The average Bonchev–Trinajstić information content (AvgIpc) is 3.03. The van der Waals surface area contributed by atoms with E-state index in [0.717, 1.165) is 44.8 Å². The number of ether oxygens (including phenoxy) is 1. The summed E-state index contributed by atoms with van der Waals surface area (Å²) in [6, 6.07) is 0. The first-order chi connectivity index (χ1) is 9.67. The number of aromatic nitrogens is 2. The molecule has 0 aromatic carbocycles. The number of aryl methyl sites for hydroxylation is 1. The molecule has 1 amide bonds. The maximum absolute atomic E-state index is 11.8. The summed E-state index contributed by atoms with van der Waals surface area (Å²) >= 11 is 0. The number of carbonyl (C=O) groups excluding carboxylic acids is 1. The van der Waals surface area contributed by atoms with E-state index in [1.807, 2.05) is 13.1 Å². The molecule has 1 aliphatic rings. The van der Waals surface area contributed by atoms with E-state index >= 15 is 0 Å². The van der Waals surface area contributed by atoms with E-state index in [2.05, 4.69) is 15.3 Å². The Kier molecular flexibility index (Phi) is 5.55. The number of rotatable bonds is 7. The second-order valence-corrected chi connectivity index (χ2v) is 5.47. The molecule has 1 unspecified atom stereocenters. The summed E-state index contributed by atoms with van der Waals surface area (Å²) in [4.78, 5) is 14.2. The van der Waals surface area contributed by atoms with E-state index in [-0.39, 0.29) is 5.91 Å². The van der Waals surface area contributed by atoms with Crippen LogP contribution in [0.4, 0.5) is 0 Å². The highest BCUT2D eigenvalue weighted by Crippen LogP contribution is 2.14. The second kappa shape index (κ2) is 7.40. The van der Waals surface area contributed by atoms with Gasteiger partial charge in [0, 0.05) is 32.9 Å². The van der Waals surface area contributed by atoms with Gasteiger partial charge in [0.15, 0.2) is 0 Å². The number of hydrogen-bond donors (Lipinski definition) is 1. The zero-order chi connectivity index (χ0) is 14.4. The monoisotopic (exact) mass is 280 g/mol. The average molecular weight is 280 g/mol. The van der Waals surface area contributed by atoms with E-state index in [9.17, 15) is 4.79 Å². The van der Waals surface area contributed by atoms with Crippen LogP contribution in [-0.4, -0.2) is 60.5 Å². The van der Waals surface area contributed by atoms with E-state index in [1.165, 1.54) is 0 Å². The van der Waals surface area contributed by atoms with Gasteiger partial charge in [-0.2, -0.15) is 5.10 Å². The minimum Gasteiger partial charge on any atom is -0.383 e. The third kappa shape index (κ3) is 4.61. The van der Waals surface area contributed by atoms with Crippen molar-refractivity contribution in [1.82, 2.24) is 20.0 Å². The Balaban J connectivity index is 1.64. The Labute approximate surface area is 120 Å².